The van der Waals surface area contributed by atoms with E-state index in [1.54, 1.807) is 29.2 Å². The smallest absolute Gasteiger partial charge is 0.419 e. The Morgan fingerprint density at radius 2 is 1.72 bits per heavy atom. The SMILES string of the molecule is O=C1CC2(CCN(C(=O)Nc3ccccc3)CC2)Oc2c1cccc2C(F)(F)F. The molecule has 1 N–H and O–H groups in total. The first-order valence-electron chi connectivity index (χ1n) is 9.31. The fourth-order valence-corrected chi connectivity index (χ4v) is 3.85. The van der Waals surface area contributed by atoms with E-state index in [2.05, 4.69) is 5.32 Å². The number of ether oxygens (including phenoxy) is 1. The van der Waals surface area contributed by atoms with Crippen molar-refractivity contribution in [3.05, 3.63) is 59.7 Å². The number of para-hydroxylation sites is 2. The molecule has 0 bridgehead atoms. The molecule has 0 atom stereocenters. The molecule has 4 rings (SSSR count). The van der Waals surface area contributed by atoms with Gasteiger partial charge in [-0.25, -0.2) is 4.79 Å². The van der Waals surface area contributed by atoms with E-state index in [-0.39, 0.29) is 49.7 Å². The molecule has 8 heteroatoms. The Morgan fingerprint density at radius 3 is 2.38 bits per heavy atom. The number of carbonyl (C=O) groups excluding carboxylic acids is 2. The highest BCUT2D eigenvalue weighted by molar-refractivity contribution is 6.01. The first-order chi connectivity index (χ1) is 13.8. The number of amides is 2. The minimum atomic E-state index is -4.61. The normalized spacial score (nSPS) is 18.2. The van der Waals surface area contributed by atoms with Crippen LogP contribution in [0.5, 0.6) is 5.75 Å². The van der Waals surface area contributed by atoms with Crippen molar-refractivity contribution in [2.75, 3.05) is 18.4 Å². The van der Waals surface area contributed by atoms with Crippen LogP contribution in [0.25, 0.3) is 0 Å². The van der Waals surface area contributed by atoms with E-state index in [0.717, 1.165) is 6.07 Å². The molecule has 1 fully saturated rings. The number of alkyl halides is 3. The summed E-state index contributed by atoms with van der Waals surface area (Å²) in [6.07, 6.45) is -4.03. The Balaban J connectivity index is 1.49. The highest BCUT2D eigenvalue weighted by Crippen LogP contribution is 2.45. The molecule has 2 amide bonds. The summed E-state index contributed by atoms with van der Waals surface area (Å²) in [5.41, 5.74) is -1.33. The topological polar surface area (TPSA) is 58.6 Å². The van der Waals surface area contributed by atoms with Crippen molar-refractivity contribution in [2.45, 2.75) is 31.0 Å². The average Bonchev–Trinajstić information content (AvgIpc) is 2.68. The molecule has 2 aromatic carbocycles. The maximum absolute atomic E-state index is 13.4. The maximum atomic E-state index is 13.4. The van der Waals surface area contributed by atoms with E-state index >= 15 is 0 Å². The van der Waals surface area contributed by atoms with Crippen LogP contribution >= 0.6 is 0 Å². The number of nitrogens with zero attached hydrogens (tertiary/aromatic N) is 1. The van der Waals surface area contributed by atoms with Crippen molar-refractivity contribution in [3.63, 3.8) is 0 Å². The maximum Gasteiger partial charge on any atom is 0.419 e. The quantitative estimate of drug-likeness (QED) is 0.747. The van der Waals surface area contributed by atoms with Gasteiger partial charge in [-0.3, -0.25) is 4.79 Å². The summed E-state index contributed by atoms with van der Waals surface area (Å²) in [7, 11) is 0. The third-order valence-electron chi connectivity index (χ3n) is 5.41. The summed E-state index contributed by atoms with van der Waals surface area (Å²) >= 11 is 0. The Morgan fingerprint density at radius 1 is 1.03 bits per heavy atom. The standard InChI is InChI=1S/C21H19F3N2O3/c22-21(23,24)16-8-4-7-15-17(27)13-20(29-18(15)16)9-11-26(12-10-20)19(28)25-14-5-2-1-3-6-14/h1-8H,9-13H2,(H,25,28). The van der Waals surface area contributed by atoms with E-state index in [1.807, 2.05) is 6.07 Å². The van der Waals surface area contributed by atoms with Crippen molar-refractivity contribution in [1.29, 1.82) is 0 Å². The second kappa shape index (κ2) is 7.09. The van der Waals surface area contributed by atoms with Gasteiger partial charge < -0.3 is 15.0 Å². The average molecular weight is 404 g/mol. The van der Waals surface area contributed by atoms with Crippen molar-refractivity contribution >= 4 is 17.5 Å². The fraction of sp³-hybridized carbons (Fsp3) is 0.333. The van der Waals surface area contributed by atoms with Crippen molar-refractivity contribution < 1.29 is 27.5 Å². The summed E-state index contributed by atoms with van der Waals surface area (Å²) in [6.45, 7) is 0.574. The predicted octanol–water partition coefficient (Wildman–Crippen LogP) is 4.74. The van der Waals surface area contributed by atoms with Crippen LogP contribution in [0, 0.1) is 0 Å². The lowest BCUT2D eigenvalue weighted by Gasteiger charge is -2.44. The van der Waals surface area contributed by atoms with Crippen LogP contribution in [0.1, 0.15) is 35.2 Å². The predicted molar refractivity (Wildman–Crippen MR) is 100 cm³/mol. The zero-order valence-electron chi connectivity index (χ0n) is 15.5. The number of nitrogens with one attached hydrogen (secondary N) is 1. The van der Waals surface area contributed by atoms with Crippen LogP contribution in [0.3, 0.4) is 0 Å². The zero-order valence-corrected chi connectivity index (χ0v) is 15.5. The molecule has 2 heterocycles. The third kappa shape index (κ3) is 3.79. The van der Waals surface area contributed by atoms with Gasteiger partial charge in [0.05, 0.1) is 17.5 Å². The Kier molecular flexibility index (Phi) is 4.72. The Bertz CT molecular complexity index is 936. The van der Waals surface area contributed by atoms with Crippen LogP contribution in [-0.2, 0) is 6.18 Å². The van der Waals surface area contributed by atoms with E-state index in [9.17, 15) is 22.8 Å². The van der Waals surface area contributed by atoms with Gasteiger partial charge in [0.15, 0.2) is 5.78 Å². The highest BCUT2D eigenvalue weighted by atomic mass is 19.4. The summed E-state index contributed by atoms with van der Waals surface area (Å²) in [4.78, 5) is 26.6. The molecule has 2 aromatic rings. The molecule has 0 aliphatic carbocycles. The van der Waals surface area contributed by atoms with Gasteiger partial charge in [0.25, 0.3) is 0 Å². The molecule has 0 aromatic heterocycles. The summed E-state index contributed by atoms with van der Waals surface area (Å²) < 4.78 is 46.0. The van der Waals surface area contributed by atoms with Gasteiger partial charge in [-0.05, 0) is 24.3 Å². The number of rotatable bonds is 1. The first-order valence-corrected chi connectivity index (χ1v) is 9.31. The fourth-order valence-electron chi connectivity index (χ4n) is 3.85. The molecule has 5 nitrogen and oxygen atoms in total. The largest absolute Gasteiger partial charge is 0.485 e. The number of piperidine rings is 1. The minimum absolute atomic E-state index is 0.00938. The second-order valence-corrected chi connectivity index (χ2v) is 7.35. The van der Waals surface area contributed by atoms with E-state index in [1.165, 1.54) is 12.1 Å². The van der Waals surface area contributed by atoms with Crippen LogP contribution in [0.4, 0.5) is 23.7 Å². The van der Waals surface area contributed by atoms with Gasteiger partial charge in [0.1, 0.15) is 11.4 Å². The number of likely N-dealkylation sites (tertiary alicyclic amines) is 1. The van der Waals surface area contributed by atoms with Gasteiger partial charge in [-0.2, -0.15) is 13.2 Å². The molecule has 2 aliphatic rings. The number of fused-ring (bicyclic) bond motifs is 1. The molecule has 152 valence electrons. The van der Waals surface area contributed by atoms with Crippen LogP contribution in [-0.4, -0.2) is 35.4 Å². The van der Waals surface area contributed by atoms with Crippen molar-refractivity contribution in [3.8, 4) is 5.75 Å². The van der Waals surface area contributed by atoms with Gasteiger partial charge in [0, 0.05) is 31.6 Å². The number of urea groups is 1. The monoisotopic (exact) mass is 404 g/mol. The highest BCUT2D eigenvalue weighted by Gasteiger charge is 2.47. The van der Waals surface area contributed by atoms with Gasteiger partial charge in [0.2, 0.25) is 0 Å². The van der Waals surface area contributed by atoms with Crippen LogP contribution in [0.15, 0.2) is 48.5 Å². The third-order valence-corrected chi connectivity index (χ3v) is 5.41. The summed E-state index contributed by atoms with van der Waals surface area (Å²) in [5.74, 6) is -0.752. The molecule has 1 saturated heterocycles. The molecule has 1 spiro atoms. The number of hydrogen-bond acceptors (Lipinski definition) is 3. The molecular weight excluding hydrogens is 385 g/mol. The number of carbonyl (C=O) groups is 2. The lowest BCUT2D eigenvalue weighted by Crippen LogP contribution is -2.53. The number of halogens is 3. The minimum Gasteiger partial charge on any atom is -0.485 e. The number of hydrogen-bond donors (Lipinski definition) is 1. The molecular formula is C21H19F3N2O3. The number of benzene rings is 2. The van der Waals surface area contributed by atoms with E-state index < -0.39 is 23.1 Å². The Hall–Kier alpha value is -3.03. The zero-order chi connectivity index (χ0) is 20.6. The lowest BCUT2D eigenvalue weighted by molar-refractivity contribution is -0.140. The number of anilines is 1. The molecule has 0 saturated carbocycles. The second-order valence-electron chi connectivity index (χ2n) is 7.35. The summed E-state index contributed by atoms with van der Waals surface area (Å²) in [6, 6.07) is 12.2. The molecule has 0 radical (unpaired) electrons. The Labute approximate surface area is 165 Å². The van der Waals surface area contributed by atoms with Gasteiger partial charge in [-0.1, -0.05) is 24.3 Å². The first kappa shape index (κ1) is 19.3. The van der Waals surface area contributed by atoms with Crippen molar-refractivity contribution in [2.24, 2.45) is 0 Å². The van der Waals surface area contributed by atoms with Crippen molar-refractivity contribution in [1.82, 2.24) is 4.90 Å². The number of Topliss-reactive ketones (excluding diaryl/α,β-unsaturated/α-hetero) is 1. The molecule has 0 unspecified atom stereocenters. The lowest BCUT2D eigenvalue weighted by atomic mass is 9.82. The number of ketones is 1. The molecule has 2 aliphatic heterocycles. The van der Waals surface area contributed by atoms with E-state index in [4.69, 9.17) is 4.74 Å². The van der Waals surface area contributed by atoms with Gasteiger partial charge in [-0.15, -0.1) is 0 Å². The van der Waals surface area contributed by atoms with Crippen LogP contribution in [0.2, 0.25) is 0 Å². The van der Waals surface area contributed by atoms with Crippen LogP contribution < -0.4 is 10.1 Å². The van der Waals surface area contributed by atoms with Gasteiger partial charge >= 0.3 is 12.2 Å². The van der Waals surface area contributed by atoms with E-state index in [0.29, 0.717) is 5.69 Å². The summed E-state index contributed by atoms with van der Waals surface area (Å²) in [5, 5.41) is 2.79. The molecule has 29 heavy (non-hydrogen) atoms.